The molecule has 0 bridgehead atoms. The molecule has 0 saturated carbocycles. The Hall–Kier alpha value is -2.16. The van der Waals surface area contributed by atoms with Gasteiger partial charge in [-0.05, 0) is 49.2 Å². The van der Waals surface area contributed by atoms with Crippen LogP contribution in [0.5, 0.6) is 23.0 Å². The fourth-order valence-electron chi connectivity index (χ4n) is 1.53. The third kappa shape index (κ3) is 2.33. The van der Waals surface area contributed by atoms with Gasteiger partial charge in [-0.3, -0.25) is 0 Å². The molecule has 0 aliphatic heterocycles. The van der Waals surface area contributed by atoms with Crippen LogP contribution in [0.4, 0.5) is 0 Å². The van der Waals surface area contributed by atoms with Crippen LogP contribution in [0.1, 0.15) is 11.1 Å². The molecule has 3 nitrogen and oxygen atoms in total. The highest BCUT2D eigenvalue weighted by Crippen LogP contribution is 2.34. The molecule has 2 aromatic carbocycles. The summed E-state index contributed by atoms with van der Waals surface area (Å²) in [7, 11) is 0. The molecule has 0 saturated heterocycles. The molecule has 2 aromatic rings. The molecule has 0 heterocycles. The highest BCUT2D eigenvalue weighted by atomic mass is 16.5. The molecule has 0 aliphatic carbocycles. The van der Waals surface area contributed by atoms with Crippen molar-refractivity contribution in [3.63, 3.8) is 0 Å². The Bertz CT molecular complexity index is 547. The van der Waals surface area contributed by atoms with Gasteiger partial charge in [0.25, 0.3) is 0 Å². The Labute approximate surface area is 99.9 Å². The minimum absolute atomic E-state index is 0.137. The number of phenols is 2. The summed E-state index contributed by atoms with van der Waals surface area (Å²) in [5.74, 6) is 1.36. The number of aryl methyl sites for hydroxylation is 2. The van der Waals surface area contributed by atoms with Crippen molar-refractivity contribution in [2.75, 3.05) is 0 Å². The van der Waals surface area contributed by atoms with Crippen LogP contribution >= 0.6 is 0 Å². The van der Waals surface area contributed by atoms with Crippen molar-refractivity contribution in [3.8, 4) is 23.0 Å². The zero-order valence-corrected chi connectivity index (χ0v) is 9.77. The van der Waals surface area contributed by atoms with E-state index in [1.807, 2.05) is 19.1 Å². The number of ether oxygens (including phenoxy) is 1. The van der Waals surface area contributed by atoms with E-state index in [9.17, 15) is 10.2 Å². The molecule has 0 radical (unpaired) electrons. The summed E-state index contributed by atoms with van der Waals surface area (Å²) < 4.78 is 5.56. The van der Waals surface area contributed by atoms with Crippen molar-refractivity contribution in [1.82, 2.24) is 0 Å². The lowest BCUT2D eigenvalue weighted by molar-refractivity contribution is 0.407. The van der Waals surface area contributed by atoms with Crippen LogP contribution in [-0.4, -0.2) is 10.2 Å². The first kappa shape index (κ1) is 11.3. The van der Waals surface area contributed by atoms with Crippen LogP contribution in [0.15, 0.2) is 36.4 Å². The van der Waals surface area contributed by atoms with Crippen molar-refractivity contribution in [2.45, 2.75) is 13.8 Å². The van der Waals surface area contributed by atoms with Crippen molar-refractivity contribution >= 4 is 0 Å². The lowest BCUT2D eigenvalue weighted by Crippen LogP contribution is -1.87. The largest absolute Gasteiger partial charge is 0.508 e. The average Bonchev–Trinajstić information content (AvgIpc) is 2.30. The van der Waals surface area contributed by atoms with Gasteiger partial charge in [-0.1, -0.05) is 12.1 Å². The molecule has 0 atom stereocenters. The summed E-state index contributed by atoms with van der Waals surface area (Å²) >= 11 is 0. The Morgan fingerprint density at radius 1 is 0.941 bits per heavy atom. The SMILES string of the molecule is Cc1cc(Oc2cccc(C)c2O)ccc1O. The predicted molar refractivity (Wildman–Crippen MR) is 65.8 cm³/mol. The fraction of sp³-hybridized carbons (Fsp3) is 0.143. The number of rotatable bonds is 2. The zero-order chi connectivity index (χ0) is 12.4. The number of benzene rings is 2. The summed E-state index contributed by atoms with van der Waals surface area (Å²) in [5, 5.41) is 19.2. The first-order valence-corrected chi connectivity index (χ1v) is 5.34. The van der Waals surface area contributed by atoms with E-state index < -0.39 is 0 Å². The number of phenolic OH excluding ortho intramolecular Hbond substituents is 2. The quantitative estimate of drug-likeness (QED) is 0.830. The van der Waals surface area contributed by atoms with Gasteiger partial charge in [-0.25, -0.2) is 0 Å². The number of para-hydroxylation sites is 1. The van der Waals surface area contributed by atoms with Crippen LogP contribution in [0.2, 0.25) is 0 Å². The second-order valence-corrected chi connectivity index (χ2v) is 3.97. The van der Waals surface area contributed by atoms with Gasteiger partial charge in [0.15, 0.2) is 11.5 Å². The number of aromatic hydroxyl groups is 2. The van der Waals surface area contributed by atoms with Crippen LogP contribution < -0.4 is 4.74 Å². The van der Waals surface area contributed by atoms with Crippen molar-refractivity contribution < 1.29 is 14.9 Å². The van der Waals surface area contributed by atoms with Gasteiger partial charge in [0.05, 0.1) is 0 Å². The highest BCUT2D eigenvalue weighted by Gasteiger charge is 2.06. The van der Waals surface area contributed by atoms with E-state index in [1.54, 1.807) is 31.2 Å². The third-order valence-electron chi connectivity index (χ3n) is 2.60. The first-order chi connectivity index (χ1) is 8.08. The Balaban J connectivity index is 2.31. The smallest absolute Gasteiger partial charge is 0.169 e. The molecular weight excluding hydrogens is 216 g/mol. The topological polar surface area (TPSA) is 49.7 Å². The van der Waals surface area contributed by atoms with Gasteiger partial charge in [0.1, 0.15) is 11.5 Å². The standard InChI is InChI=1S/C14H14O3/c1-9-4-3-5-13(14(9)16)17-11-6-7-12(15)10(2)8-11/h3-8,15-16H,1-2H3. The number of hydrogen-bond acceptors (Lipinski definition) is 3. The predicted octanol–water partition coefficient (Wildman–Crippen LogP) is 3.51. The summed E-state index contributed by atoms with van der Waals surface area (Å²) in [6.45, 7) is 3.60. The van der Waals surface area contributed by atoms with E-state index in [1.165, 1.54) is 0 Å². The summed E-state index contributed by atoms with van der Waals surface area (Å²) in [5.41, 5.74) is 1.49. The maximum absolute atomic E-state index is 9.81. The second-order valence-electron chi connectivity index (χ2n) is 3.97. The molecular formula is C14H14O3. The van der Waals surface area contributed by atoms with Crippen molar-refractivity contribution in [3.05, 3.63) is 47.5 Å². The van der Waals surface area contributed by atoms with Gasteiger partial charge in [0, 0.05) is 0 Å². The van der Waals surface area contributed by atoms with Gasteiger partial charge >= 0.3 is 0 Å². The van der Waals surface area contributed by atoms with E-state index in [-0.39, 0.29) is 11.5 Å². The van der Waals surface area contributed by atoms with E-state index in [0.29, 0.717) is 11.5 Å². The Morgan fingerprint density at radius 3 is 2.41 bits per heavy atom. The Morgan fingerprint density at radius 2 is 1.71 bits per heavy atom. The average molecular weight is 230 g/mol. The molecule has 0 fully saturated rings. The minimum atomic E-state index is 0.137. The fourth-order valence-corrected chi connectivity index (χ4v) is 1.53. The van der Waals surface area contributed by atoms with Crippen LogP contribution in [0.25, 0.3) is 0 Å². The summed E-state index contributed by atoms with van der Waals surface area (Å²) in [6, 6.07) is 10.3. The molecule has 17 heavy (non-hydrogen) atoms. The van der Waals surface area contributed by atoms with E-state index in [4.69, 9.17) is 4.74 Å². The van der Waals surface area contributed by atoms with E-state index >= 15 is 0 Å². The Kier molecular flexibility index (Phi) is 2.91. The highest BCUT2D eigenvalue weighted by molar-refractivity contribution is 5.48. The van der Waals surface area contributed by atoms with Gasteiger partial charge in [0.2, 0.25) is 0 Å². The zero-order valence-electron chi connectivity index (χ0n) is 9.77. The minimum Gasteiger partial charge on any atom is -0.508 e. The van der Waals surface area contributed by atoms with E-state index in [0.717, 1.165) is 11.1 Å². The van der Waals surface area contributed by atoms with Gasteiger partial charge in [-0.15, -0.1) is 0 Å². The van der Waals surface area contributed by atoms with Crippen molar-refractivity contribution in [1.29, 1.82) is 0 Å². The lowest BCUT2D eigenvalue weighted by atomic mass is 10.2. The second kappa shape index (κ2) is 4.37. The van der Waals surface area contributed by atoms with Crippen LogP contribution in [-0.2, 0) is 0 Å². The molecule has 0 amide bonds. The maximum atomic E-state index is 9.81. The van der Waals surface area contributed by atoms with Crippen molar-refractivity contribution in [2.24, 2.45) is 0 Å². The first-order valence-electron chi connectivity index (χ1n) is 5.34. The molecule has 2 N–H and O–H groups in total. The van der Waals surface area contributed by atoms with Gasteiger partial charge in [-0.2, -0.15) is 0 Å². The van der Waals surface area contributed by atoms with E-state index in [2.05, 4.69) is 0 Å². The molecule has 2 rings (SSSR count). The summed E-state index contributed by atoms with van der Waals surface area (Å²) in [4.78, 5) is 0. The maximum Gasteiger partial charge on any atom is 0.169 e. The summed E-state index contributed by atoms with van der Waals surface area (Å²) in [6.07, 6.45) is 0. The van der Waals surface area contributed by atoms with Gasteiger partial charge < -0.3 is 14.9 Å². The normalized spacial score (nSPS) is 10.2. The number of hydrogen-bond donors (Lipinski definition) is 2. The van der Waals surface area contributed by atoms with Crippen LogP contribution in [0, 0.1) is 13.8 Å². The molecule has 0 unspecified atom stereocenters. The molecule has 88 valence electrons. The monoisotopic (exact) mass is 230 g/mol. The third-order valence-corrected chi connectivity index (χ3v) is 2.60. The lowest BCUT2D eigenvalue weighted by Gasteiger charge is -2.10. The van der Waals surface area contributed by atoms with Crippen LogP contribution in [0.3, 0.4) is 0 Å². The molecule has 0 aromatic heterocycles. The molecule has 3 heteroatoms. The molecule has 0 spiro atoms. The molecule has 0 aliphatic rings.